The Morgan fingerprint density at radius 3 is 2.91 bits per heavy atom. The molecule has 1 saturated heterocycles. The molecule has 23 heavy (non-hydrogen) atoms. The van der Waals surface area contributed by atoms with E-state index in [-0.39, 0.29) is 18.9 Å². The van der Waals surface area contributed by atoms with Gasteiger partial charge in [-0.1, -0.05) is 12.1 Å². The van der Waals surface area contributed by atoms with Crippen LogP contribution in [-0.2, 0) is 16.1 Å². The molecule has 1 fully saturated rings. The maximum Gasteiger partial charge on any atom is 0.308 e. The SMILES string of the molecule is COc1ccccc1-n1cc(CN2CC(C(=O)O)CC2=O)cn1. The molecule has 1 aliphatic rings. The molecule has 0 spiro atoms. The van der Waals surface area contributed by atoms with Gasteiger partial charge in [0.2, 0.25) is 5.91 Å². The first kappa shape index (κ1) is 15.1. The normalized spacial score (nSPS) is 17.5. The molecule has 1 atom stereocenters. The van der Waals surface area contributed by atoms with Gasteiger partial charge < -0.3 is 14.7 Å². The summed E-state index contributed by atoms with van der Waals surface area (Å²) in [7, 11) is 1.60. The Kier molecular flexibility index (Phi) is 4.01. The molecular weight excluding hydrogens is 298 g/mol. The second-order valence-corrected chi connectivity index (χ2v) is 5.48. The van der Waals surface area contributed by atoms with Gasteiger partial charge >= 0.3 is 5.97 Å². The lowest BCUT2D eigenvalue weighted by atomic mass is 10.1. The van der Waals surface area contributed by atoms with Crippen LogP contribution < -0.4 is 4.74 Å². The van der Waals surface area contributed by atoms with E-state index in [1.807, 2.05) is 30.5 Å². The van der Waals surface area contributed by atoms with Gasteiger partial charge in [-0.25, -0.2) is 4.68 Å². The number of hydrogen-bond donors (Lipinski definition) is 1. The lowest BCUT2D eigenvalue weighted by molar-refractivity contribution is -0.141. The van der Waals surface area contributed by atoms with Crippen molar-refractivity contribution < 1.29 is 19.4 Å². The number of aliphatic carboxylic acids is 1. The Hall–Kier alpha value is -2.83. The van der Waals surface area contributed by atoms with Gasteiger partial charge in [0, 0.05) is 31.3 Å². The molecule has 0 aliphatic carbocycles. The zero-order valence-corrected chi connectivity index (χ0v) is 12.7. The summed E-state index contributed by atoms with van der Waals surface area (Å²) in [5.41, 5.74) is 1.65. The Balaban J connectivity index is 1.75. The Labute approximate surface area is 133 Å². The predicted molar refractivity (Wildman–Crippen MR) is 81.3 cm³/mol. The number of hydrogen-bond acceptors (Lipinski definition) is 4. The van der Waals surface area contributed by atoms with Crippen molar-refractivity contribution in [3.63, 3.8) is 0 Å². The molecule has 1 aromatic carbocycles. The van der Waals surface area contributed by atoms with Gasteiger partial charge in [0.1, 0.15) is 11.4 Å². The number of methoxy groups -OCH3 is 1. The molecule has 1 amide bonds. The van der Waals surface area contributed by atoms with E-state index in [9.17, 15) is 9.59 Å². The number of carbonyl (C=O) groups excluding carboxylic acids is 1. The second kappa shape index (κ2) is 6.12. The van der Waals surface area contributed by atoms with Crippen molar-refractivity contribution in [3.05, 3.63) is 42.2 Å². The van der Waals surface area contributed by atoms with E-state index < -0.39 is 11.9 Å². The number of nitrogens with zero attached hydrogens (tertiary/aromatic N) is 3. The average molecular weight is 315 g/mol. The first-order valence-corrected chi connectivity index (χ1v) is 7.26. The van der Waals surface area contributed by atoms with Gasteiger partial charge in [0.15, 0.2) is 0 Å². The van der Waals surface area contributed by atoms with Gasteiger partial charge in [0.05, 0.1) is 19.2 Å². The monoisotopic (exact) mass is 315 g/mol. The maximum absolute atomic E-state index is 11.9. The first-order chi connectivity index (χ1) is 11.1. The Morgan fingerprint density at radius 1 is 1.43 bits per heavy atom. The summed E-state index contributed by atoms with van der Waals surface area (Å²) < 4.78 is 6.99. The fraction of sp³-hybridized carbons (Fsp3) is 0.312. The van der Waals surface area contributed by atoms with E-state index >= 15 is 0 Å². The molecule has 1 unspecified atom stereocenters. The molecular formula is C16H17N3O4. The molecule has 7 nitrogen and oxygen atoms in total. The van der Waals surface area contributed by atoms with Crippen LogP contribution in [0.15, 0.2) is 36.7 Å². The molecule has 1 aromatic heterocycles. The molecule has 0 saturated carbocycles. The highest BCUT2D eigenvalue weighted by atomic mass is 16.5. The van der Waals surface area contributed by atoms with Gasteiger partial charge in [-0.3, -0.25) is 9.59 Å². The van der Waals surface area contributed by atoms with Crippen LogP contribution in [0.2, 0.25) is 0 Å². The van der Waals surface area contributed by atoms with E-state index in [4.69, 9.17) is 9.84 Å². The quantitative estimate of drug-likeness (QED) is 0.899. The largest absolute Gasteiger partial charge is 0.494 e. The minimum absolute atomic E-state index is 0.0655. The van der Waals surface area contributed by atoms with Crippen LogP contribution in [0.5, 0.6) is 5.75 Å². The van der Waals surface area contributed by atoms with Crippen molar-refractivity contribution >= 4 is 11.9 Å². The van der Waals surface area contributed by atoms with Crippen molar-refractivity contribution in [3.8, 4) is 11.4 Å². The molecule has 120 valence electrons. The van der Waals surface area contributed by atoms with E-state index in [0.29, 0.717) is 12.3 Å². The van der Waals surface area contributed by atoms with Crippen molar-refractivity contribution in [2.75, 3.05) is 13.7 Å². The van der Waals surface area contributed by atoms with E-state index in [1.54, 1.807) is 22.9 Å². The lowest BCUT2D eigenvalue weighted by Gasteiger charge is -2.14. The van der Waals surface area contributed by atoms with E-state index in [1.165, 1.54) is 0 Å². The van der Waals surface area contributed by atoms with Gasteiger partial charge in [-0.2, -0.15) is 5.10 Å². The van der Waals surface area contributed by atoms with Crippen LogP contribution in [0.25, 0.3) is 5.69 Å². The highest BCUT2D eigenvalue weighted by Gasteiger charge is 2.34. The molecule has 0 bridgehead atoms. The molecule has 3 rings (SSSR count). The van der Waals surface area contributed by atoms with Crippen LogP contribution in [-0.4, -0.2) is 45.3 Å². The molecule has 2 heterocycles. The molecule has 1 N–H and O–H groups in total. The van der Waals surface area contributed by atoms with E-state index in [0.717, 1.165) is 11.3 Å². The summed E-state index contributed by atoms with van der Waals surface area (Å²) in [4.78, 5) is 24.4. The number of ether oxygens (including phenoxy) is 1. The van der Waals surface area contributed by atoms with Crippen molar-refractivity contribution in [2.45, 2.75) is 13.0 Å². The average Bonchev–Trinajstić information content (AvgIpc) is 3.15. The summed E-state index contributed by atoms with van der Waals surface area (Å²) in [6, 6.07) is 7.50. The zero-order valence-electron chi connectivity index (χ0n) is 12.7. The fourth-order valence-electron chi connectivity index (χ4n) is 2.70. The van der Waals surface area contributed by atoms with Gasteiger partial charge in [-0.05, 0) is 12.1 Å². The zero-order chi connectivity index (χ0) is 16.4. The van der Waals surface area contributed by atoms with Crippen LogP contribution in [0.4, 0.5) is 0 Å². The number of carbonyl (C=O) groups is 2. The summed E-state index contributed by atoms with van der Waals surface area (Å²) in [5.74, 6) is -0.981. The number of carboxylic acid groups (broad SMARTS) is 1. The Morgan fingerprint density at radius 2 is 2.22 bits per heavy atom. The predicted octanol–water partition coefficient (Wildman–Crippen LogP) is 1.31. The lowest BCUT2D eigenvalue weighted by Crippen LogP contribution is -2.25. The smallest absolute Gasteiger partial charge is 0.308 e. The maximum atomic E-state index is 11.9. The summed E-state index contributed by atoms with van der Waals surface area (Å²) in [6.07, 6.45) is 3.56. The number of likely N-dealkylation sites (tertiary alicyclic amines) is 1. The summed E-state index contributed by atoms with van der Waals surface area (Å²) in [6.45, 7) is 0.603. The summed E-state index contributed by atoms with van der Waals surface area (Å²) >= 11 is 0. The molecule has 1 aliphatic heterocycles. The van der Waals surface area contributed by atoms with Crippen LogP contribution in [0, 0.1) is 5.92 Å². The number of carboxylic acids is 1. The standard InChI is InChI=1S/C16H17N3O4/c1-23-14-5-3-2-4-13(14)19-9-11(7-17-19)8-18-10-12(16(21)22)6-15(18)20/h2-5,7,9,12H,6,8,10H2,1H3,(H,21,22). The number of amides is 1. The number of benzene rings is 1. The third-order valence-corrected chi connectivity index (χ3v) is 3.91. The molecule has 2 aromatic rings. The third kappa shape index (κ3) is 3.03. The van der Waals surface area contributed by atoms with Gasteiger partial charge in [-0.15, -0.1) is 0 Å². The third-order valence-electron chi connectivity index (χ3n) is 3.91. The van der Waals surface area contributed by atoms with Gasteiger partial charge in [0.25, 0.3) is 0 Å². The van der Waals surface area contributed by atoms with Crippen molar-refractivity contribution in [1.82, 2.24) is 14.7 Å². The summed E-state index contributed by atoms with van der Waals surface area (Å²) in [5, 5.41) is 13.3. The first-order valence-electron chi connectivity index (χ1n) is 7.26. The minimum Gasteiger partial charge on any atom is -0.494 e. The minimum atomic E-state index is -0.925. The van der Waals surface area contributed by atoms with Crippen molar-refractivity contribution in [1.29, 1.82) is 0 Å². The fourth-order valence-corrected chi connectivity index (χ4v) is 2.70. The van der Waals surface area contributed by atoms with Crippen molar-refractivity contribution in [2.24, 2.45) is 5.92 Å². The second-order valence-electron chi connectivity index (χ2n) is 5.48. The van der Waals surface area contributed by atoms with E-state index in [2.05, 4.69) is 5.10 Å². The number of aromatic nitrogens is 2. The Bertz CT molecular complexity index is 740. The number of para-hydroxylation sites is 2. The highest BCUT2D eigenvalue weighted by Crippen LogP contribution is 2.23. The van der Waals surface area contributed by atoms with Crippen LogP contribution >= 0.6 is 0 Å². The highest BCUT2D eigenvalue weighted by molar-refractivity contribution is 5.86. The molecule has 7 heteroatoms. The number of rotatable bonds is 5. The van der Waals surface area contributed by atoms with Crippen LogP contribution in [0.3, 0.4) is 0 Å². The van der Waals surface area contributed by atoms with Crippen LogP contribution in [0.1, 0.15) is 12.0 Å². The molecule has 0 radical (unpaired) electrons. The topological polar surface area (TPSA) is 84.7 Å².